The minimum Gasteiger partial charge on any atom is -0.457 e. The highest BCUT2D eigenvalue weighted by Gasteiger charge is 2.20. The van der Waals surface area contributed by atoms with Crippen molar-refractivity contribution < 1.29 is 17.9 Å². The molecule has 3 aromatic heterocycles. The molecule has 0 spiro atoms. The molecule has 3 rings (SSSR count). The molecular weight excluding hydrogens is 378 g/mol. The van der Waals surface area contributed by atoms with Gasteiger partial charge in [-0.05, 0) is 35.7 Å². The van der Waals surface area contributed by atoms with Crippen molar-refractivity contribution in [2.75, 3.05) is 6.54 Å². The molecule has 2 N–H and O–H groups in total. The van der Waals surface area contributed by atoms with Crippen molar-refractivity contribution in [1.29, 1.82) is 0 Å². The summed E-state index contributed by atoms with van der Waals surface area (Å²) >= 11 is 8.22. The van der Waals surface area contributed by atoms with Crippen LogP contribution in [-0.4, -0.2) is 20.1 Å². The average molecular weight is 390 g/mol. The lowest BCUT2D eigenvalue weighted by Crippen LogP contribution is -2.27. The summed E-state index contributed by atoms with van der Waals surface area (Å²) in [6.45, 7) is -0.185. The molecule has 3 heterocycles. The van der Waals surface area contributed by atoms with Gasteiger partial charge in [-0.15, -0.1) is 22.7 Å². The minimum atomic E-state index is -3.69. The number of hydrogen-bond acceptors (Lipinski definition) is 6. The number of aliphatic hydroxyl groups is 1. The van der Waals surface area contributed by atoms with E-state index in [-0.39, 0.29) is 10.8 Å². The Morgan fingerprint density at radius 3 is 2.74 bits per heavy atom. The average Bonchev–Trinajstić information content (AvgIpc) is 3.24. The molecule has 0 amide bonds. The molecule has 23 heavy (non-hydrogen) atoms. The zero-order valence-corrected chi connectivity index (χ0v) is 14.8. The lowest BCUT2D eigenvalue weighted by atomic mass is 10.3. The highest BCUT2D eigenvalue weighted by molar-refractivity contribution is 7.91. The summed E-state index contributed by atoms with van der Waals surface area (Å²) in [5.41, 5.74) is 0. The van der Waals surface area contributed by atoms with Crippen molar-refractivity contribution in [2.24, 2.45) is 0 Å². The van der Waals surface area contributed by atoms with E-state index in [4.69, 9.17) is 16.0 Å². The standard InChI is InChI=1S/C14H12ClNO4S3/c15-13-5-6-14(22-13)23(18,19)16-8-9(17)10-3-4-11(20-10)12-2-1-7-21-12/h1-7,9,16-17H,8H2. The molecule has 0 aromatic carbocycles. The second-order valence-electron chi connectivity index (χ2n) is 4.61. The second kappa shape index (κ2) is 6.76. The first-order chi connectivity index (χ1) is 11.0. The second-order valence-corrected chi connectivity index (χ2v) is 9.26. The monoisotopic (exact) mass is 389 g/mol. The predicted molar refractivity (Wildman–Crippen MR) is 91.5 cm³/mol. The first-order valence-electron chi connectivity index (χ1n) is 6.52. The molecule has 0 bridgehead atoms. The number of rotatable bonds is 6. The molecular formula is C14H12ClNO4S3. The summed E-state index contributed by atoms with van der Waals surface area (Å²) < 4.78 is 32.6. The third-order valence-electron chi connectivity index (χ3n) is 3.00. The third-order valence-corrected chi connectivity index (χ3v) is 7.03. The van der Waals surface area contributed by atoms with E-state index in [9.17, 15) is 13.5 Å². The Labute approximate surface area is 146 Å². The summed E-state index contributed by atoms with van der Waals surface area (Å²) in [5, 5.41) is 12.0. The number of sulfonamides is 1. The van der Waals surface area contributed by atoms with E-state index in [0.717, 1.165) is 16.2 Å². The molecule has 0 radical (unpaired) electrons. The van der Waals surface area contributed by atoms with E-state index >= 15 is 0 Å². The molecule has 0 saturated carbocycles. The van der Waals surface area contributed by atoms with E-state index in [1.165, 1.54) is 23.5 Å². The Hall–Kier alpha value is -1.16. The number of nitrogens with one attached hydrogen (secondary N) is 1. The Kier molecular flexibility index (Phi) is 4.90. The molecule has 0 aliphatic rings. The summed E-state index contributed by atoms with van der Waals surface area (Å²) in [4.78, 5) is 0.942. The summed E-state index contributed by atoms with van der Waals surface area (Å²) in [6.07, 6.45) is -1.08. The summed E-state index contributed by atoms with van der Waals surface area (Å²) in [7, 11) is -3.69. The van der Waals surface area contributed by atoms with Gasteiger partial charge in [0, 0.05) is 6.54 Å². The molecule has 0 aliphatic heterocycles. The largest absolute Gasteiger partial charge is 0.457 e. The maximum absolute atomic E-state index is 12.1. The van der Waals surface area contributed by atoms with E-state index < -0.39 is 16.1 Å². The SMILES string of the molecule is O=S(=O)(NCC(O)c1ccc(-c2cccs2)o1)c1ccc(Cl)s1. The highest BCUT2D eigenvalue weighted by Crippen LogP contribution is 2.29. The molecule has 0 aliphatic carbocycles. The van der Waals surface area contributed by atoms with Crippen LogP contribution in [0.25, 0.3) is 10.6 Å². The van der Waals surface area contributed by atoms with Gasteiger partial charge in [-0.3, -0.25) is 0 Å². The Morgan fingerprint density at radius 1 is 1.26 bits per heavy atom. The van der Waals surface area contributed by atoms with Crippen molar-refractivity contribution in [3.63, 3.8) is 0 Å². The lowest BCUT2D eigenvalue weighted by molar-refractivity contribution is 0.155. The molecule has 0 fully saturated rings. The van der Waals surface area contributed by atoms with Crippen LogP contribution in [0, 0.1) is 0 Å². The predicted octanol–water partition coefficient (Wildman–Crippen LogP) is 3.73. The number of halogens is 1. The fraction of sp³-hybridized carbons (Fsp3) is 0.143. The van der Waals surface area contributed by atoms with Gasteiger partial charge in [-0.2, -0.15) is 0 Å². The highest BCUT2D eigenvalue weighted by atomic mass is 35.5. The van der Waals surface area contributed by atoms with Gasteiger partial charge < -0.3 is 9.52 Å². The van der Waals surface area contributed by atoms with E-state index in [0.29, 0.717) is 15.9 Å². The molecule has 0 saturated heterocycles. The van der Waals surface area contributed by atoms with Crippen LogP contribution in [-0.2, 0) is 10.0 Å². The van der Waals surface area contributed by atoms with Crippen LogP contribution in [0.4, 0.5) is 0 Å². The van der Waals surface area contributed by atoms with Gasteiger partial charge in [-0.25, -0.2) is 13.1 Å². The smallest absolute Gasteiger partial charge is 0.250 e. The fourth-order valence-corrected chi connectivity index (χ4v) is 5.14. The van der Waals surface area contributed by atoms with Gasteiger partial charge in [0.2, 0.25) is 10.0 Å². The number of aliphatic hydroxyl groups excluding tert-OH is 1. The zero-order chi connectivity index (χ0) is 16.4. The molecule has 122 valence electrons. The van der Waals surface area contributed by atoms with Gasteiger partial charge in [-0.1, -0.05) is 17.7 Å². The lowest BCUT2D eigenvalue weighted by Gasteiger charge is -2.09. The van der Waals surface area contributed by atoms with Crippen molar-refractivity contribution in [3.05, 3.63) is 51.9 Å². The van der Waals surface area contributed by atoms with Crippen molar-refractivity contribution >= 4 is 44.3 Å². The topological polar surface area (TPSA) is 79.5 Å². The van der Waals surface area contributed by atoms with E-state index in [2.05, 4.69) is 4.72 Å². The summed E-state index contributed by atoms with van der Waals surface area (Å²) in [6, 6.07) is 10.1. The molecule has 9 heteroatoms. The zero-order valence-electron chi connectivity index (χ0n) is 11.6. The Morgan fingerprint density at radius 2 is 2.09 bits per heavy atom. The Bertz CT molecular complexity index is 883. The van der Waals surface area contributed by atoms with Crippen LogP contribution in [0.2, 0.25) is 4.34 Å². The maximum Gasteiger partial charge on any atom is 0.250 e. The summed E-state index contributed by atoms with van der Waals surface area (Å²) in [5.74, 6) is 0.947. The number of furan rings is 1. The quantitative estimate of drug-likeness (QED) is 0.673. The Balaban J connectivity index is 1.67. The minimum absolute atomic E-state index is 0.105. The van der Waals surface area contributed by atoms with Gasteiger partial charge >= 0.3 is 0 Å². The van der Waals surface area contributed by atoms with Crippen LogP contribution in [0.15, 0.2) is 50.4 Å². The van der Waals surface area contributed by atoms with Gasteiger partial charge in [0.05, 0.1) is 9.21 Å². The fourth-order valence-electron chi connectivity index (χ4n) is 1.89. The first kappa shape index (κ1) is 16.7. The van der Waals surface area contributed by atoms with E-state index in [1.807, 2.05) is 17.5 Å². The van der Waals surface area contributed by atoms with E-state index in [1.54, 1.807) is 12.1 Å². The number of thiophene rings is 2. The molecule has 5 nitrogen and oxygen atoms in total. The van der Waals surface area contributed by atoms with Gasteiger partial charge in [0.25, 0.3) is 0 Å². The van der Waals surface area contributed by atoms with Crippen LogP contribution in [0.5, 0.6) is 0 Å². The van der Waals surface area contributed by atoms with Crippen LogP contribution < -0.4 is 4.72 Å². The maximum atomic E-state index is 12.1. The normalized spacial score (nSPS) is 13.3. The van der Waals surface area contributed by atoms with Gasteiger partial charge in [0.15, 0.2) is 0 Å². The van der Waals surface area contributed by atoms with Crippen molar-refractivity contribution in [1.82, 2.24) is 4.72 Å². The van der Waals surface area contributed by atoms with Crippen molar-refractivity contribution in [2.45, 2.75) is 10.3 Å². The molecule has 1 atom stereocenters. The molecule has 1 unspecified atom stereocenters. The molecule has 3 aromatic rings. The first-order valence-corrected chi connectivity index (χ1v) is 10.1. The van der Waals surface area contributed by atoms with Crippen molar-refractivity contribution in [3.8, 4) is 10.6 Å². The third kappa shape index (κ3) is 3.85. The van der Waals surface area contributed by atoms with Crippen LogP contribution in [0.1, 0.15) is 11.9 Å². The van der Waals surface area contributed by atoms with Gasteiger partial charge in [0.1, 0.15) is 21.8 Å². The van der Waals surface area contributed by atoms with Crippen LogP contribution >= 0.6 is 34.3 Å². The van der Waals surface area contributed by atoms with Crippen LogP contribution in [0.3, 0.4) is 0 Å². The number of hydrogen-bond donors (Lipinski definition) is 2.